The number of thiazole rings is 1. The van der Waals surface area contributed by atoms with Crippen molar-refractivity contribution in [3.8, 4) is 5.75 Å². The topological polar surface area (TPSA) is 48.1 Å². The highest BCUT2D eigenvalue weighted by Gasteiger charge is 2.15. The fourth-order valence-electron chi connectivity index (χ4n) is 1.15. The summed E-state index contributed by atoms with van der Waals surface area (Å²) in [5.41, 5.74) is 5.87. The van der Waals surface area contributed by atoms with Crippen molar-refractivity contribution >= 4 is 38.3 Å². The smallest absolute Gasteiger partial charge is 0.185 e. The molecule has 0 radical (unpaired) electrons. The molecule has 0 fully saturated rings. The molecule has 6 heteroatoms. The van der Waals surface area contributed by atoms with E-state index in [1.54, 1.807) is 0 Å². The van der Waals surface area contributed by atoms with Crippen molar-refractivity contribution in [3.05, 3.63) is 16.9 Å². The number of nitrogen functional groups attached to an aromatic ring is 1. The quantitative estimate of drug-likeness (QED) is 0.822. The van der Waals surface area contributed by atoms with Crippen LogP contribution in [0.2, 0.25) is 5.02 Å². The van der Waals surface area contributed by atoms with Crippen molar-refractivity contribution in [2.24, 2.45) is 0 Å². The normalized spacial score (nSPS) is 10.8. The summed E-state index contributed by atoms with van der Waals surface area (Å²) in [4.78, 5) is 3.92. The summed E-state index contributed by atoms with van der Waals surface area (Å²) in [5.74, 6) is -0.502. The second kappa shape index (κ2) is 3.25. The number of fused-ring (bicyclic) bond motifs is 1. The highest BCUT2D eigenvalue weighted by molar-refractivity contribution is 7.22. The van der Waals surface area contributed by atoms with Crippen LogP contribution >= 0.6 is 22.9 Å². The average molecular weight is 233 g/mol. The lowest BCUT2D eigenvalue weighted by Gasteiger charge is -2.02. The standard InChI is InChI=1S/C8H6ClFN2OS/c1-13-3-2-4-7(5(9)6(3)10)12-8(11)14-4/h2H,1H3,(H2,11,12). The Morgan fingerprint density at radius 3 is 3.00 bits per heavy atom. The van der Waals surface area contributed by atoms with E-state index < -0.39 is 5.82 Å². The third kappa shape index (κ3) is 1.29. The molecule has 2 aromatic rings. The van der Waals surface area contributed by atoms with E-state index in [4.69, 9.17) is 22.1 Å². The average Bonchev–Trinajstić information content (AvgIpc) is 2.52. The van der Waals surface area contributed by atoms with Crippen molar-refractivity contribution in [1.82, 2.24) is 4.98 Å². The van der Waals surface area contributed by atoms with Gasteiger partial charge in [-0.15, -0.1) is 0 Å². The van der Waals surface area contributed by atoms with Crippen LogP contribution in [0.3, 0.4) is 0 Å². The van der Waals surface area contributed by atoms with E-state index in [-0.39, 0.29) is 10.8 Å². The lowest BCUT2D eigenvalue weighted by Crippen LogP contribution is -1.89. The summed E-state index contributed by atoms with van der Waals surface area (Å²) in [6.45, 7) is 0. The van der Waals surface area contributed by atoms with Gasteiger partial charge in [0.05, 0.1) is 11.8 Å². The summed E-state index contributed by atoms with van der Waals surface area (Å²) in [6.07, 6.45) is 0. The van der Waals surface area contributed by atoms with E-state index in [1.165, 1.54) is 24.5 Å². The zero-order valence-electron chi connectivity index (χ0n) is 7.17. The number of hydrogen-bond donors (Lipinski definition) is 1. The molecule has 74 valence electrons. The Bertz CT molecular complexity index is 500. The molecule has 2 N–H and O–H groups in total. The Labute approximate surface area is 88.3 Å². The Morgan fingerprint density at radius 2 is 2.36 bits per heavy atom. The molecule has 0 saturated heterocycles. The van der Waals surface area contributed by atoms with Crippen LogP contribution in [0.25, 0.3) is 10.2 Å². The van der Waals surface area contributed by atoms with Gasteiger partial charge in [0.15, 0.2) is 16.7 Å². The molecule has 1 aromatic carbocycles. The summed E-state index contributed by atoms with van der Waals surface area (Å²) in [5, 5.41) is 0.307. The second-order valence-electron chi connectivity index (χ2n) is 2.61. The number of nitrogens with zero attached hydrogens (tertiary/aromatic N) is 1. The first-order chi connectivity index (χ1) is 6.63. The molecule has 1 heterocycles. The van der Waals surface area contributed by atoms with Crippen molar-refractivity contribution in [3.63, 3.8) is 0 Å². The number of methoxy groups -OCH3 is 1. The van der Waals surface area contributed by atoms with E-state index in [2.05, 4.69) is 4.98 Å². The minimum Gasteiger partial charge on any atom is -0.494 e. The monoisotopic (exact) mass is 232 g/mol. The van der Waals surface area contributed by atoms with Crippen LogP contribution in [-0.2, 0) is 0 Å². The molecule has 0 bridgehead atoms. The maximum absolute atomic E-state index is 13.4. The van der Waals surface area contributed by atoms with Crippen molar-refractivity contribution in [1.29, 1.82) is 0 Å². The number of aromatic nitrogens is 1. The molecule has 1 aromatic heterocycles. The molecular formula is C8H6ClFN2OS. The van der Waals surface area contributed by atoms with E-state index in [9.17, 15) is 4.39 Å². The zero-order chi connectivity index (χ0) is 10.3. The largest absolute Gasteiger partial charge is 0.494 e. The Kier molecular flexibility index (Phi) is 2.20. The highest BCUT2D eigenvalue weighted by Crippen LogP contribution is 2.36. The maximum atomic E-state index is 13.4. The number of ether oxygens (including phenoxy) is 1. The number of halogens is 2. The second-order valence-corrected chi connectivity index (χ2v) is 4.05. The van der Waals surface area contributed by atoms with Crippen LogP contribution in [0.5, 0.6) is 5.75 Å². The maximum Gasteiger partial charge on any atom is 0.185 e. The van der Waals surface area contributed by atoms with Crippen LogP contribution in [0.4, 0.5) is 9.52 Å². The minimum absolute atomic E-state index is 0.0488. The fourth-order valence-corrected chi connectivity index (χ4v) is 2.21. The van der Waals surface area contributed by atoms with Crippen molar-refractivity contribution in [2.75, 3.05) is 12.8 Å². The lowest BCUT2D eigenvalue weighted by atomic mass is 10.3. The van der Waals surface area contributed by atoms with E-state index >= 15 is 0 Å². The van der Waals surface area contributed by atoms with Crippen LogP contribution in [-0.4, -0.2) is 12.1 Å². The van der Waals surface area contributed by atoms with Gasteiger partial charge in [0.2, 0.25) is 0 Å². The first-order valence-electron chi connectivity index (χ1n) is 3.71. The van der Waals surface area contributed by atoms with Gasteiger partial charge in [0.25, 0.3) is 0 Å². The Hall–Kier alpha value is -1.07. The zero-order valence-corrected chi connectivity index (χ0v) is 8.75. The third-order valence-corrected chi connectivity index (χ3v) is 2.95. The lowest BCUT2D eigenvalue weighted by molar-refractivity contribution is 0.387. The molecule has 0 aliphatic rings. The molecule has 0 unspecified atom stereocenters. The third-order valence-electron chi connectivity index (χ3n) is 1.77. The molecule has 0 aliphatic heterocycles. The summed E-state index contributed by atoms with van der Waals surface area (Å²) in [7, 11) is 1.38. The Balaban J connectivity index is 2.84. The van der Waals surface area contributed by atoms with E-state index in [0.717, 1.165) is 0 Å². The molecule has 0 spiro atoms. The number of anilines is 1. The van der Waals surface area contributed by atoms with Crippen LogP contribution < -0.4 is 10.5 Å². The van der Waals surface area contributed by atoms with Crippen LogP contribution in [0.1, 0.15) is 0 Å². The van der Waals surface area contributed by atoms with Crippen LogP contribution in [0.15, 0.2) is 6.07 Å². The first kappa shape index (κ1) is 9.48. The number of rotatable bonds is 1. The van der Waals surface area contributed by atoms with Gasteiger partial charge < -0.3 is 10.5 Å². The van der Waals surface area contributed by atoms with Gasteiger partial charge in [0.1, 0.15) is 10.5 Å². The van der Waals surface area contributed by atoms with E-state index in [1.807, 2.05) is 0 Å². The number of hydrogen-bond acceptors (Lipinski definition) is 4. The first-order valence-corrected chi connectivity index (χ1v) is 4.91. The highest BCUT2D eigenvalue weighted by atomic mass is 35.5. The summed E-state index contributed by atoms with van der Waals surface area (Å²) in [6, 6.07) is 1.53. The molecular weight excluding hydrogens is 227 g/mol. The van der Waals surface area contributed by atoms with Gasteiger partial charge >= 0.3 is 0 Å². The summed E-state index contributed by atoms with van der Waals surface area (Å²) >= 11 is 7.00. The molecule has 0 aliphatic carbocycles. The minimum atomic E-state index is -0.605. The molecule has 0 saturated carbocycles. The van der Waals surface area contributed by atoms with Crippen molar-refractivity contribution in [2.45, 2.75) is 0 Å². The Morgan fingerprint density at radius 1 is 1.64 bits per heavy atom. The number of nitrogens with two attached hydrogens (primary N) is 1. The van der Waals surface area contributed by atoms with Crippen molar-refractivity contribution < 1.29 is 9.13 Å². The number of benzene rings is 1. The molecule has 14 heavy (non-hydrogen) atoms. The predicted molar refractivity (Wildman–Crippen MR) is 55.6 cm³/mol. The molecule has 0 amide bonds. The molecule has 0 atom stereocenters. The van der Waals surface area contributed by atoms with Crippen LogP contribution in [0, 0.1) is 5.82 Å². The van der Waals surface area contributed by atoms with Gasteiger partial charge in [-0.3, -0.25) is 0 Å². The predicted octanol–water partition coefficient (Wildman–Crippen LogP) is 2.68. The molecule has 3 nitrogen and oxygen atoms in total. The van der Waals surface area contributed by atoms with Gasteiger partial charge in [-0.25, -0.2) is 9.37 Å². The van der Waals surface area contributed by atoms with E-state index in [0.29, 0.717) is 15.3 Å². The summed E-state index contributed by atoms with van der Waals surface area (Å²) < 4.78 is 18.9. The fraction of sp³-hybridized carbons (Fsp3) is 0.125. The van der Waals surface area contributed by atoms with Gasteiger partial charge in [0, 0.05) is 6.07 Å². The van der Waals surface area contributed by atoms with Gasteiger partial charge in [-0.2, -0.15) is 0 Å². The van der Waals surface area contributed by atoms with Gasteiger partial charge in [-0.1, -0.05) is 22.9 Å². The molecule has 2 rings (SSSR count). The SMILES string of the molecule is COc1cc2sc(N)nc2c(Cl)c1F. The van der Waals surface area contributed by atoms with Gasteiger partial charge in [-0.05, 0) is 0 Å².